The second-order valence-corrected chi connectivity index (χ2v) is 4.53. The normalized spacial score (nSPS) is 15.1. The first-order chi connectivity index (χ1) is 7.61. The van der Waals surface area contributed by atoms with Crippen LogP contribution in [-0.4, -0.2) is 22.7 Å². The number of aliphatic hydroxyl groups is 1. The van der Waals surface area contributed by atoms with Crippen molar-refractivity contribution in [2.24, 2.45) is 5.92 Å². The van der Waals surface area contributed by atoms with Gasteiger partial charge in [0, 0.05) is 12.2 Å². The summed E-state index contributed by atoms with van der Waals surface area (Å²) in [6, 6.07) is 6.15. The van der Waals surface area contributed by atoms with Crippen LogP contribution in [0, 0.1) is 5.92 Å². The van der Waals surface area contributed by atoms with E-state index >= 15 is 0 Å². The number of pyridine rings is 1. The maximum Gasteiger partial charge on any atom is 0.0575 e. The summed E-state index contributed by atoms with van der Waals surface area (Å²) >= 11 is 0. The monoisotopic (exact) mass is 222 g/mol. The highest BCUT2D eigenvalue weighted by Gasteiger charge is 2.10. The first-order valence-corrected chi connectivity index (χ1v) is 5.93. The molecule has 0 aliphatic carbocycles. The number of nitrogens with zero attached hydrogens (tertiary/aromatic N) is 1. The summed E-state index contributed by atoms with van der Waals surface area (Å²) in [7, 11) is 0. The van der Waals surface area contributed by atoms with Gasteiger partial charge in [-0.3, -0.25) is 4.98 Å². The summed E-state index contributed by atoms with van der Waals surface area (Å²) in [6.45, 7) is 6.97. The average molecular weight is 222 g/mol. The van der Waals surface area contributed by atoms with E-state index in [2.05, 4.69) is 17.2 Å². The van der Waals surface area contributed by atoms with Gasteiger partial charge < -0.3 is 10.4 Å². The highest BCUT2D eigenvalue weighted by atomic mass is 16.3. The van der Waals surface area contributed by atoms with Gasteiger partial charge >= 0.3 is 0 Å². The maximum absolute atomic E-state index is 9.65. The Morgan fingerprint density at radius 3 is 2.62 bits per heavy atom. The predicted octanol–water partition coefficient (Wildman–Crippen LogP) is 2.14. The minimum atomic E-state index is -0.219. The van der Waals surface area contributed by atoms with Crippen molar-refractivity contribution in [1.29, 1.82) is 0 Å². The Hall–Kier alpha value is -0.930. The lowest BCUT2D eigenvalue weighted by Crippen LogP contribution is -2.26. The van der Waals surface area contributed by atoms with Crippen LogP contribution in [0.2, 0.25) is 0 Å². The maximum atomic E-state index is 9.65. The smallest absolute Gasteiger partial charge is 0.0575 e. The highest BCUT2D eigenvalue weighted by Crippen LogP contribution is 2.09. The molecule has 0 aliphatic rings. The molecule has 1 aromatic rings. The molecule has 0 saturated carbocycles. The molecule has 0 amide bonds. The van der Waals surface area contributed by atoms with Crippen LogP contribution in [0.3, 0.4) is 0 Å². The lowest BCUT2D eigenvalue weighted by atomic mass is 10.0. The molecule has 1 aromatic heterocycles. The molecule has 1 heterocycles. The van der Waals surface area contributed by atoms with Crippen molar-refractivity contribution in [1.82, 2.24) is 10.3 Å². The summed E-state index contributed by atoms with van der Waals surface area (Å²) in [4.78, 5) is 4.29. The standard InChI is InChI=1S/C13H22N2O/c1-10(2)13(16)7-9-14-11(3)12-6-4-5-8-15-12/h4-6,8,10-11,13-14,16H,7,9H2,1-3H3. The first-order valence-electron chi connectivity index (χ1n) is 5.93. The van der Waals surface area contributed by atoms with Crippen LogP contribution in [0.1, 0.15) is 38.9 Å². The summed E-state index contributed by atoms with van der Waals surface area (Å²) in [5, 5.41) is 13.0. The topological polar surface area (TPSA) is 45.1 Å². The second-order valence-electron chi connectivity index (χ2n) is 4.53. The molecule has 3 nitrogen and oxygen atoms in total. The zero-order chi connectivity index (χ0) is 12.0. The van der Waals surface area contributed by atoms with Gasteiger partial charge in [0.25, 0.3) is 0 Å². The Morgan fingerprint density at radius 1 is 1.31 bits per heavy atom. The number of aliphatic hydroxyl groups excluding tert-OH is 1. The van der Waals surface area contributed by atoms with Gasteiger partial charge in [-0.1, -0.05) is 19.9 Å². The van der Waals surface area contributed by atoms with Crippen LogP contribution in [0.4, 0.5) is 0 Å². The number of hydrogen-bond acceptors (Lipinski definition) is 3. The molecule has 0 fully saturated rings. The Morgan fingerprint density at radius 2 is 2.06 bits per heavy atom. The lowest BCUT2D eigenvalue weighted by molar-refractivity contribution is 0.115. The molecule has 0 bridgehead atoms. The van der Waals surface area contributed by atoms with E-state index in [0.29, 0.717) is 5.92 Å². The van der Waals surface area contributed by atoms with Crippen molar-refractivity contribution < 1.29 is 5.11 Å². The number of hydrogen-bond donors (Lipinski definition) is 2. The van der Waals surface area contributed by atoms with Crippen LogP contribution in [0.15, 0.2) is 24.4 Å². The van der Waals surface area contributed by atoms with E-state index < -0.39 is 0 Å². The van der Waals surface area contributed by atoms with Gasteiger partial charge in [-0.2, -0.15) is 0 Å². The minimum absolute atomic E-state index is 0.219. The van der Waals surface area contributed by atoms with Crippen LogP contribution in [0.25, 0.3) is 0 Å². The molecule has 90 valence electrons. The minimum Gasteiger partial charge on any atom is -0.393 e. The second kappa shape index (κ2) is 6.61. The van der Waals surface area contributed by atoms with Gasteiger partial charge in [0.1, 0.15) is 0 Å². The Labute approximate surface area is 97.9 Å². The SMILES string of the molecule is CC(NCCC(O)C(C)C)c1ccccn1. The third-order valence-electron chi connectivity index (χ3n) is 2.79. The molecule has 2 N–H and O–H groups in total. The van der Waals surface area contributed by atoms with Gasteiger partial charge in [-0.05, 0) is 37.9 Å². The zero-order valence-corrected chi connectivity index (χ0v) is 10.4. The molecule has 2 unspecified atom stereocenters. The van der Waals surface area contributed by atoms with E-state index in [9.17, 15) is 5.11 Å². The largest absolute Gasteiger partial charge is 0.393 e. The van der Waals surface area contributed by atoms with Crippen LogP contribution in [0.5, 0.6) is 0 Å². The third-order valence-corrected chi connectivity index (χ3v) is 2.79. The van der Waals surface area contributed by atoms with Gasteiger partial charge in [0.15, 0.2) is 0 Å². The molecule has 16 heavy (non-hydrogen) atoms. The van der Waals surface area contributed by atoms with E-state index in [1.54, 1.807) is 6.20 Å². The van der Waals surface area contributed by atoms with E-state index in [4.69, 9.17) is 0 Å². The molecular formula is C13H22N2O. The Bertz CT molecular complexity index is 287. The summed E-state index contributed by atoms with van der Waals surface area (Å²) in [5.41, 5.74) is 1.04. The van der Waals surface area contributed by atoms with Crippen molar-refractivity contribution >= 4 is 0 Å². The zero-order valence-electron chi connectivity index (χ0n) is 10.4. The molecular weight excluding hydrogens is 200 g/mol. The van der Waals surface area contributed by atoms with Crippen molar-refractivity contribution in [3.05, 3.63) is 30.1 Å². The predicted molar refractivity (Wildman–Crippen MR) is 66.1 cm³/mol. The quantitative estimate of drug-likeness (QED) is 0.775. The fraction of sp³-hybridized carbons (Fsp3) is 0.615. The third kappa shape index (κ3) is 4.29. The van der Waals surface area contributed by atoms with Crippen molar-refractivity contribution in [3.8, 4) is 0 Å². The average Bonchev–Trinajstić information content (AvgIpc) is 2.29. The van der Waals surface area contributed by atoms with Crippen LogP contribution < -0.4 is 5.32 Å². The van der Waals surface area contributed by atoms with Gasteiger partial charge in [0.05, 0.1) is 11.8 Å². The van der Waals surface area contributed by atoms with Gasteiger partial charge in [-0.25, -0.2) is 0 Å². The molecule has 0 spiro atoms. The molecule has 0 aliphatic heterocycles. The van der Waals surface area contributed by atoms with Gasteiger partial charge in [-0.15, -0.1) is 0 Å². The number of nitrogens with one attached hydrogen (secondary N) is 1. The van der Waals surface area contributed by atoms with E-state index in [1.165, 1.54) is 0 Å². The van der Waals surface area contributed by atoms with Crippen LogP contribution >= 0.6 is 0 Å². The fourth-order valence-corrected chi connectivity index (χ4v) is 1.52. The van der Waals surface area contributed by atoms with E-state index in [-0.39, 0.29) is 12.1 Å². The summed E-state index contributed by atoms with van der Waals surface area (Å²) < 4.78 is 0. The molecule has 0 radical (unpaired) electrons. The lowest BCUT2D eigenvalue weighted by Gasteiger charge is -2.17. The Kier molecular flexibility index (Phi) is 5.43. The summed E-state index contributed by atoms with van der Waals surface area (Å²) in [6.07, 6.45) is 2.37. The first kappa shape index (κ1) is 13.1. The van der Waals surface area contributed by atoms with Crippen LogP contribution in [-0.2, 0) is 0 Å². The van der Waals surface area contributed by atoms with Gasteiger partial charge in [0.2, 0.25) is 0 Å². The molecule has 3 heteroatoms. The van der Waals surface area contributed by atoms with Crippen molar-refractivity contribution in [2.75, 3.05) is 6.54 Å². The molecule has 2 atom stereocenters. The highest BCUT2D eigenvalue weighted by molar-refractivity contribution is 5.07. The number of rotatable bonds is 6. The Balaban J connectivity index is 2.28. The van der Waals surface area contributed by atoms with Crippen molar-refractivity contribution in [2.45, 2.75) is 39.3 Å². The van der Waals surface area contributed by atoms with E-state index in [0.717, 1.165) is 18.7 Å². The fourth-order valence-electron chi connectivity index (χ4n) is 1.52. The molecule has 0 saturated heterocycles. The summed E-state index contributed by atoms with van der Waals surface area (Å²) in [5.74, 6) is 0.326. The molecule has 0 aromatic carbocycles. The van der Waals surface area contributed by atoms with E-state index in [1.807, 2.05) is 32.0 Å². The number of aromatic nitrogens is 1. The molecule has 1 rings (SSSR count). The van der Waals surface area contributed by atoms with Crippen molar-refractivity contribution in [3.63, 3.8) is 0 Å².